The van der Waals surface area contributed by atoms with E-state index in [1.165, 1.54) is 18.4 Å². The predicted molar refractivity (Wildman–Crippen MR) is 52.6 cm³/mol. The summed E-state index contributed by atoms with van der Waals surface area (Å²) < 4.78 is 0. The molecule has 0 unspecified atom stereocenters. The molecule has 0 aromatic heterocycles. The molecule has 0 bridgehead atoms. The van der Waals surface area contributed by atoms with Gasteiger partial charge in [0, 0.05) is 0 Å². The highest BCUT2D eigenvalue weighted by Crippen LogP contribution is 2.09. The number of unbranched alkanes of at least 4 members (excludes halogenated alkanes) is 1. The molecule has 0 fully saturated rings. The first-order valence-corrected chi connectivity index (χ1v) is 4.25. The van der Waals surface area contributed by atoms with Crippen LogP contribution in [0, 0.1) is 0 Å². The van der Waals surface area contributed by atoms with Gasteiger partial charge < -0.3 is 0 Å². The van der Waals surface area contributed by atoms with Crippen LogP contribution in [0.4, 0.5) is 0 Å². The van der Waals surface area contributed by atoms with Crippen LogP contribution in [0.15, 0.2) is 37.0 Å². The summed E-state index contributed by atoms with van der Waals surface area (Å²) >= 11 is 0. The molecule has 0 radical (unpaired) electrons. The van der Waals surface area contributed by atoms with Gasteiger partial charge in [-0.2, -0.15) is 0 Å². The van der Waals surface area contributed by atoms with Crippen LogP contribution in [0.1, 0.15) is 32.6 Å². The molecule has 0 nitrogen and oxygen atoms in total. The summed E-state index contributed by atoms with van der Waals surface area (Å²) in [7, 11) is 0. The van der Waals surface area contributed by atoms with Crippen molar-refractivity contribution in [1.82, 2.24) is 0 Å². The maximum absolute atomic E-state index is 3.98. The van der Waals surface area contributed by atoms with Crippen molar-refractivity contribution in [1.29, 1.82) is 0 Å². The van der Waals surface area contributed by atoms with E-state index in [2.05, 4.69) is 26.2 Å². The molecular formula is C11H18. The van der Waals surface area contributed by atoms with Crippen molar-refractivity contribution in [3.8, 4) is 0 Å². The molecule has 0 aliphatic heterocycles. The van der Waals surface area contributed by atoms with Crippen LogP contribution in [0.5, 0.6) is 0 Å². The monoisotopic (exact) mass is 150 g/mol. The molecular weight excluding hydrogens is 132 g/mol. The van der Waals surface area contributed by atoms with Crippen LogP contribution < -0.4 is 0 Å². The third-order valence-corrected chi connectivity index (χ3v) is 1.56. The van der Waals surface area contributed by atoms with Crippen LogP contribution in [0.2, 0.25) is 0 Å². The Kier molecular flexibility index (Phi) is 6.81. The Balaban J connectivity index is 3.36. The van der Waals surface area contributed by atoms with Crippen molar-refractivity contribution in [2.24, 2.45) is 0 Å². The molecule has 0 aliphatic rings. The maximum Gasteiger partial charge on any atom is -0.0138 e. The summed E-state index contributed by atoms with van der Waals surface area (Å²) in [5.41, 5.74) is 1.32. The summed E-state index contributed by atoms with van der Waals surface area (Å²) in [5.74, 6) is 0. The number of hydrogen-bond donors (Lipinski definition) is 0. The zero-order valence-corrected chi connectivity index (χ0v) is 7.47. The molecule has 0 aromatic rings. The third-order valence-electron chi connectivity index (χ3n) is 1.56. The van der Waals surface area contributed by atoms with Crippen molar-refractivity contribution < 1.29 is 0 Å². The van der Waals surface area contributed by atoms with Crippen LogP contribution in [0.25, 0.3) is 0 Å². The molecule has 0 saturated carbocycles. The van der Waals surface area contributed by atoms with Gasteiger partial charge in [-0.05, 0) is 19.3 Å². The summed E-state index contributed by atoms with van der Waals surface area (Å²) in [6.45, 7) is 9.78. The Morgan fingerprint density at radius 3 is 2.73 bits per heavy atom. The molecule has 0 heterocycles. The van der Waals surface area contributed by atoms with Gasteiger partial charge in [0.1, 0.15) is 0 Å². The van der Waals surface area contributed by atoms with E-state index < -0.39 is 0 Å². The molecule has 11 heavy (non-hydrogen) atoms. The Labute approximate surface area is 70.3 Å². The predicted octanol–water partition coefficient (Wildman–Crippen LogP) is 3.87. The van der Waals surface area contributed by atoms with E-state index in [0.717, 1.165) is 12.8 Å². The van der Waals surface area contributed by atoms with Gasteiger partial charge in [0.25, 0.3) is 0 Å². The highest BCUT2D eigenvalue weighted by molar-refractivity contribution is 5.06. The van der Waals surface area contributed by atoms with Gasteiger partial charge >= 0.3 is 0 Å². The fourth-order valence-corrected chi connectivity index (χ4v) is 0.860. The van der Waals surface area contributed by atoms with Crippen molar-refractivity contribution in [2.45, 2.75) is 32.6 Å². The van der Waals surface area contributed by atoms with Crippen molar-refractivity contribution in [2.75, 3.05) is 0 Å². The third kappa shape index (κ3) is 7.11. The first-order valence-electron chi connectivity index (χ1n) is 4.25. The fourth-order valence-electron chi connectivity index (χ4n) is 0.860. The molecule has 62 valence electrons. The zero-order chi connectivity index (χ0) is 8.53. The lowest BCUT2D eigenvalue weighted by molar-refractivity contribution is 0.778. The smallest absolute Gasteiger partial charge is 0.0138 e. The first kappa shape index (κ1) is 10.2. The van der Waals surface area contributed by atoms with Gasteiger partial charge in [-0.15, -0.1) is 0 Å². The molecule has 0 rings (SSSR count). The van der Waals surface area contributed by atoms with Gasteiger partial charge in [-0.25, -0.2) is 0 Å². The van der Waals surface area contributed by atoms with Gasteiger partial charge in [-0.1, -0.05) is 50.3 Å². The van der Waals surface area contributed by atoms with Crippen molar-refractivity contribution in [3.63, 3.8) is 0 Å². The lowest BCUT2D eigenvalue weighted by Crippen LogP contribution is -1.78. The molecule has 0 N–H and O–H groups in total. The molecule has 0 atom stereocenters. The Morgan fingerprint density at radius 2 is 2.18 bits per heavy atom. The summed E-state index contributed by atoms with van der Waals surface area (Å²) in [5, 5.41) is 0. The van der Waals surface area contributed by atoms with Gasteiger partial charge in [0.2, 0.25) is 0 Å². The number of hydrogen-bond acceptors (Lipinski definition) is 0. The summed E-state index contributed by atoms with van der Waals surface area (Å²) in [4.78, 5) is 0. The second-order valence-corrected chi connectivity index (χ2v) is 2.72. The Hall–Kier alpha value is -0.780. The highest BCUT2D eigenvalue weighted by Gasteiger charge is 1.89. The first-order chi connectivity index (χ1) is 5.31. The van der Waals surface area contributed by atoms with E-state index in [9.17, 15) is 0 Å². The largest absolute Gasteiger partial charge is 0.0995 e. The zero-order valence-electron chi connectivity index (χ0n) is 7.47. The minimum absolute atomic E-state index is 1.01. The lowest BCUT2D eigenvalue weighted by atomic mass is 10.1. The van der Waals surface area contributed by atoms with E-state index in [1.54, 1.807) is 6.08 Å². The number of rotatable bonds is 6. The second-order valence-electron chi connectivity index (χ2n) is 2.72. The lowest BCUT2D eigenvalue weighted by Gasteiger charge is -1.98. The SMILES string of the molecule is C=C/C=C/CC(=C)CCCC. The summed E-state index contributed by atoms with van der Waals surface area (Å²) in [6, 6.07) is 0. The van der Waals surface area contributed by atoms with Gasteiger partial charge in [0.15, 0.2) is 0 Å². The van der Waals surface area contributed by atoms with E-state index in [-0.39, 0.29) is 0 Å². The van der Waals surface area contributed by atoms with Crippen LogP contribution >= 0.6 is 0 Å². The molecule has 0 aromatic carbocycles. The Bertz CT molecular complexity index is 140. The van der Waals surface area contributed by atoms with Gasteiger partial charge in [-0.3, -0.25) is 0 Å². The second kappa shape index (κ2) is 7.33. The molecule has 0 heteroatoms. The normalized spacial score (nSPS) is 10.3. The number of allylic oxidation sites excluding steroid dienone is 4. The molecule has 0 saturated heterocycles. The van der Waals surface area contributed by atoms with Gasteiger partial charge in [0.05, 0.1) is 0 Å². The average Bonchev–Trinajstić information content (AvgIpc) is 2.01. The van der Waals surface area contributed by atoms with E-state index in [4.69, 9.17) is 0 Å². The molecule has 0 amide bonds. The average molecular weight is 150 g/mol. The highest BCUT2D eigenvalue weighted by atomic mass is 13.9. The van der Waals surface area contributed by atoms with Crippen LogP contribution in [0.3, 0.4) is 0 Å². The topological polar surface area (TPSA) is 0 Å². The Morgan fingerprint density at radius 1 is 1.45 bits per heavy atom. The molecule has 0 spiro atoms. The minimum atomic E-state index is 1.01. The summed E-state index contributed by atoms with van der Waals surface area (Å²) in [6.07, 6.45) is 10.6. The van der Waals surface area contributed by atoms with Crippen molar-refractivity contribution >= 4 is 0 Å². The van der Waals surface area contributed by atoms with Crippen LogP contribution in [-0.2, 0) is 0 Å². The van der Waals surface area contributed by atoms with E-state index >= 15 is 0 Å². The van der Waals surface area contributed by atoms with E-state index in [0.29, 0.717) is 0 Å². The maximum atomic E-state index is 3.98. The van der Waals surface area contributed by atoms with E-state index in [1.807, 2.05) is 6.08 Å². The van der Waals surface area contributed by atoms with Crippen molar-refractivity contribution in [3.05, 3.63) is 37.0 Å². The standard InChI is InChI=1S/C11H18/c1-4-6-8-10-11(3)9-7-5-2/h4,6,8H,1,3,5,7,9-10H2,2H3/b8-6+. The fraction of sp³-hybridized carbons (Fsp3) is 0.455. The van der Waals surface area contributed by atoms with Crippen LogP contribution in [-0.4, -0.2) is 0 Å². The molecule has 0 aliphatic carbocycles. The quantitative estimate of drug-likeness (QED) is 0.398. The minimum Gasteiger partial charge on any atom is -0.0995 e.